The molecule has 2 nitrogen and oxygen atoms in total. The highest BCUT2D eigenvalue weighted by Gasteiger charge is 2.22. The van der Waals surface area contributed by atoms with Gasteiger partial charge >= 0.3 is 0 Å². The molecule has 1 aliphatic rings. The lowest BCUT2D eigenvalue weighted by Crippen LogP contribution is -2.23. The third-order valence-corrected chi connectivity index (χ3v) is 4.31. The summed E-state index contributed by atoms with van der Waals surface area (Å²) in [6, 6.07) is 4.43. The topological polar surface area (TPSA) is 21.3 Å². The van der Waals surface area contributed by atoms with Crippen molar-refractivity contribution in [3.63, 3.8) is 0 Å². The molecule has 3 heteroatoms. The Kier molecular flexibility index (Phi) is 5.06. The summed E-state index contributed by atoms with van der Waals surface area (Å²) in [5.74, 6) is 2.13. The smallest absolute Gasteiger partial charge is 0.134 e. The second-order valence-corrected chi connectivity index (χ2v) is 6.24. The molecule has 0 bridgehead atoms. The maximum absolute atomic E-state index is 5.70. The van der Waals surface area contributed by atoms with Gasteiger partial charge in [0, 0.05) is 6.54 Å². The van der Waals surface area contributed by atoms with Crippen LogP contribution in [0.4, 0.5) is 0 Å². The molecule has 0 fully saturated rings. The molecule has 0 radical (unpaired) electrons. The Morgan fingerprint density at radius 1 is 1.53 bits per heavy atom. The summed E-state index contributed by atoms with van der Waals surface area (Å²) in [6.07, 6.45) is 2.84. The lowest BCUT2D eigenvalue weighted by Gasteiger charge is -2.22. The number of nitrogens with one attached hydrogen (secondary N) is 1. The third kappa shape index (κ3) is 3.40. The number of halogens is 1. The van der Waals surface area contributed by atoms with Crippen molar-refractivity contribution in [3.05, 3.63) is 40.4 Å². The van der Waals surface area contributed by atoms with E-state index in [0.29, 0.717) is 18.4 Å². The van der Waals surface area contributed by atoms with Crippen LogP contribution in [0.25, 0.3) is 0 Å². The fourth-order valence-corrected chi connectivity index (χ4v) is 3.09. The van der Waals surface area contributed by atoms with Crippen LogP contribution in [-0.2, 0) is 6.42 Å². The Morgan fingerprint density at radius 3 is 3.00 bits per heavy atom. The van der Waals surface area contributed by atoms with Crippen LogP contribution in [0.5, 0.6) is 5.75 Å². The quantitative estimate of drug-likeness (QED) is 0.848. The largest absolute Gasteiger partial charge is 0.488 e. The highest BCUT2D eigenvalue weighted by Crippen LogP contribution is 2.36. The molecule has 1 aromatic carbocycles. The standard InChI is InChI=1S/C16H22BrNO/c1-4-7-19-16-8-12-5-6-18-10-14(11(2)3)13(12)9-15(16)17/h4,8-9,11,14,18H,1,5-7,10H2,2-3H3/t14-/m0/s1. The number of hydrogen-bond acceptors (Lipinski definition) is 2. The van der Waals surface area contributed by atoms with Crippen LogP contribution in [0.2, 0.25) is 0 Å². The fraction of sp³-hybridized carbons (Fsp3) is 0.500. The molecule has 104 valence electrons. The summed E-state index contributed by atoms with van der Waals surface area (Å²) in [7, 11) is 0. The first-order chi connectivity index (χ1) is 9.13. The molecule has 0 saturated carbocycles. The van der Waals surface area contributed by atoms with E-state index in [2.05, 4.69) is 53.8 Å². The van der Waals surface area contributed by atoms with Crippen LogP contribution < -0.4 is 10.1 Å². The monoisotopic (exact) mass is 323 g/mol. The summed E-state index contributed by atoms with van der Waals surface area (Å²) in [5.41, 5.74) is 2.86. The van der Waals surface area contributed by atoms with Crippen molar-refractivity contribution in [1.29, 1.82) is 0 Å². The normalized spacial score (nSPS) is 18.8. The highest BCUT2D eigenvalue weighted by molar-refractivity contribution is 9.10. The Hall–Kier alpha value is -0.800. The van der Waals surface area contributed by atoms with Crippen LogP contribution in [-0.4, -0.2) is 19.7 Å². The van der Waals surface area contributed by atoms with E-state index in [1.807, 2.05) is 0 Å². The van der Waals surface area contributed by atoms with Gasteiger partial charge in [-0.15, -0.1) is 0 Å². The zero-order valence-corrected chi connectivity index (χ0v) is 13.3. The van der Waals surface area contributed by atoms with Crippen molar-refractivity contribution in [2.75, 3.05) is 19.7 Å². The van der Waals surface area contributed by atoms with Crippen LogP contribution in [0.1, 0.15) is 30.9 Å². The predicted octanol–water partition coefficient (Wildman–Crippen LogP) is 3.90. The molecule has 0 spiro atoms. The second-order valence-electron chi connectivity index (χ2n) is 5.39. The summed E-state index contributed by atoms with van der Waals surface area (Å²) in [4.78, 5) is 0. The van der Waals surface area contributed by atoms with Crippen LogP contribution >= 0.6 is 15.9 Å². The summed E-state index contributed by atoms with van der Waals surface area (Å²) in [6.45, 7) is 10.9. The molecule has 0 amide bonds. The van der Waals surface area contributed by atoms with E-state index in [1.54, 1.807) is 6.08 Å². The van der Waals surface area contributed by atoms with E-state index < -0.39 is 0 Å². The maximum atomic E-state index is 5.70. The molecule has 0 aliphatic carbocycles. The van der Waals surface area contributed by atoms with Gasteiger partial charge in [-0.3, -0.25) is 0 Å². The fourth-order valence-electron chi connectivity index (χ4n) is 2.62. The molecule has 0 unspecified atom stereocenters. The van der Waals surface area contributed by atoms with Gasteiger partial charge in [0.05, 0.1) is 4.47 Å². The molecule has 0 aromatic heterocycles. The lowest BCUT2D eigenvalue weighted by molar-refractivity contribution is 0.360. The predicted molar refractivity (Wildman–Crippen MR) is 84.0 cm³/mol. The minimum Gasteiger partial charge on any atom is -0.488 e. The lowest BCUT2D eigenvalue weighted by atomic mass is 9.85. The van der Waals surface area contributed by atoms with Gasteiger partial charge < -0.3 is 10.1 Å². The number of hydrogen-bond donors (Lipinski definition) is 1. The molecule has 19 heavy (non-hydrogen) atoms. The summed E-state index contributed by atoms with van der Waals surface area (Å²) < 4.78 is 6.75. The molecule has 1 N–H and O–H groups in total. The Morgan fingerprint density at radius 2 is 2.32 bits per heavy atom. The highest BCUT2D eigenvalue weighted by atomic mass is 79.9. The maximum Gasteiger partial charge on any atom is 0.134 e. The van der Waals surface area contributed by atoms with Crippen LogP contribution in [0.3, 0.4) is 0 Å². The van der Waals surface area contributed by atoms with Gasteiger partial charge in [-0.2, -0.15) is 0 Å². The minimum atomic E-state index is 0.545. The van der Waals surface area contributed by atoms with Gasteiger partial charge in [0.2, 0.25) is 0 Å². The Balaban J connectivity index is 2.37. The van der Waals surface area contributed by atoms with Gasteiger partial charge in [-0.05, 0) is 64.0 Å². The third-order valence-electron chi connectivity index (χ3n) is 3.69. The van der Waals surface area contributed by atoms with Crippen molar-refractivity contribution in [2.24, 2.45) is 5.92 Å². The van der Waals surface area contributed by atoms with Gasteiger partial charge in [0.15, 0.2) is 0 Å². The Labute approximate surface area is 124 Å². The number of fused-ring (bicyclic) bond motifs is 1. The first kappa shape index (κ1) is 14.6. The first-order valence-corrected chi connectivity index (χ1v) is 7.69. The van der Waals surface area contributed by atoms with Crippen molar-refractivity contribution in [3.8, 4) is 5.75 Å². The van der Waals surface area contributed by atoms with Gasteiger partial charge in [0.1, 0.15) is 12.4 Å². The van der Waals surface area contributed by atoms with Crippen molar-refractivity contribution in [1.82, 2.24) is 5.32 Å². The molecule has 1 aromatic rings. The van der Waals surface area contributed by atoms with E-state index >= 15 is 0 Å². The number of ether oxygens (including phenoxy) is 1. The van der Waals surface area contributed by atoms with Gasteiger partial charge in [-0.1, -0.05) is 26.5 Å². The first-order valence-electron chi connectivity index (χ1n) is 6.90. The number of benzene rings is 1. The average Bonchev–Trinajstić information content (AvgIpc) is 2.58. The van der Waals surface area contributed by atoms with Gasteiger partial charge in [0.25, 0.3) is 0 Å². The second kappa shape index (κ2) is 6.58. The molecule has 1 aliphatic heterocycles. The number of rotatable bonds is 4. The zero-order valence-electron chi connectivity index (χ0n) is 11.7. The van der Waals surface area contributed by atoms with Crippen molar-refractivity contribution < 1.29 is 4.74 Å². The van der Waals surface area contributed by atoms with E-state index in [9.17, 15) is 0 Å². The van der Waals surface area contributed by atoms with Gasteiger partial charge in [-0.25, -0.2) is 0 Å². The zero-order chi connectivity index (χ0) is 13.8. The summed E-state index contributed by atoms with van der Waals surface area (Å²) in [5, 5.41) is 3.54. The van der Waals surface area contributed by atoms with E-state index in [1.165, 1.54) is 11.1 Å². The molecule has 1 atom stereocenters. The molecule has 1 heterocycles. The molecule has 0 saturated heterocycles. The van der Waals surface area contributed by atoms with Crippen molar-refractivity contribution >= 4 is 15.9 Å². The minimum absolute atomic E-state index is 0.545. The molecular formula is C16H22BrNO. The average molecular weight is 324 g/mol. The SMILES string of the molecule is C=CCOc1cc2c(cc1Br)[C@H](C(C)C)CNCC2. The van der Waals surface area contributed by atoms with Crippen molar-refractivity contribution in [2.45, 2.75) is 26.2 Å². The molecule has 2 rings (SSSR count). The van der Waals surface area contributed by atoms with E-state index in [0.717, 1.165) is 29.7 Å². The summed E-state index contributed by atoms with van der Waals surface area (Å²) >= 11 is 3.63. The Bertz CT molecular complexity index is 456. The van der Waals surface area contributed by atoms with E-state index in [4.69, 9.17) is 4.74 Å². The van der Waals surface area contributed by atoms with Crippen LogP contribution in [0, 0.1) is 5.92 Å². The van der Waals surface area contributed by atoms with E-state index in [-0.39, 0.29) is 0 Å². The molecular weight excluding hydrogens is 302 g/mol. The van der Waals surface area contributed by atoms with Crippen LogP contribution in [0.15, 0.2) is 29.3 Å².